The third kappa shape index (κ3) is 4.19. The minimum absolute atomic E-state index is 0.127. The zero-order valence-electron chi connectivity index (χ0n) is 13.2. The van der Waals surface area contributed by atoms with Crippen LogP contribution in [0, 0.1) is 5.92 Å². The molecular weight excluding hydrogens is 264 g/mol. The van der Waals surface area contributed by atoms with E-state index >= 15 is 0 Å². The van der Waals surface area contributed by atoms with E-state index in [1.807, 2.05) is 26.0 Å². The van der Waals surface area contributed by atoms with E-state index in [0.29, 0.717) is 0 Å². The average Bonchev–Trinajstić information content (AvgIpc) is 2.48. The molecule has 0 spiro atoms. The number of rotatable bonds is 4. The number of carbonyl (C=O) groups is 1. The number of anilines is 2. The number of hydrogen-bond donors (Lipinski definition) is 2. The summed E-state index contributed by atoms with van der Waals surface area (Å²) >= 11 is 0. The van der Waals surface area contributed by atoms with Crippen molar-refractivity contribution >= 4 is 17.3 Å². The summed E-state index contributed by atoms with van der Waals surface area (Å²) in [6, 6.07) is 7.53. The molecule has 1 aliphatic rings. The first kappa shape index (κ1) is 15.8. The first-order valence-electron chi connectivity index (χ1n) is 7.57. The van der Waals surface area contributed by atoms with E-state index in [1.54, 1.807) is 0 Å². The highest BCUT2D eigenvalue weighted by atomic mass is 16.2. The molecule has 5 nitrogen and oxygen atoms in total. The lowest BCUT2D eigenvalue weighted by Crippen LogP contribution is -2.44. The summed E-state index contributed by atoms with van der Waals surface area (Å²) in [6.45, 7) is 8.14. The molecule has 3 N–H and O–H groups in total. The number of nitrogens with one attached hydrogen (secondary N) is 1. The molecule has 0 bridgehead atoms. The average molecular weight is 290 g/mol. The van der Waals surface area contributed by atoms with Gasteiger partial charge in [-0.25, -0.2) is 0 Å². The van der Waals surface area contributed by atoms with Gasteiger partial charge in [0.25, 0.3) is 0 Å². The summed E-state index contributed by atoms with van der Waals surface area (Å²) in [5.74, 6) is 0.00644. The van der Waals surface area contributed by atoms with Crippen LogP contribution >= 0.6 is 0 Å². The molecule has 0 unspecified atom stereocenters. The highest BCUT2D eigenvalue weighted by molar-refractivity contribution is 5.94. The molecule has 1 aliphatic heterocycles. The van der Waals surface area contributed by atoms with Crippen LogP contribution in [-0.4, -0.2) is 50.1 Å². The molecule has 1 amide bonds. The van der Waals surface area contributed by atoms with Crippen molar-refractivity contribution in [2.45, 2.75) is 19.9 Å². The van der Waals surface area contributed by atoms with E-state index in [0.717, 1.165) is 31.9 Å². The lowest BCUT2D eigenvalue weighted by Gasteiger charge is -2.34. The van der Waals surface area contributed by atoms with Crippen molar-refractivity contribution in [1.82, 2.24) is 4.90 Å². The summed E-state index contributed by atoms with van der Waals surface area (Å²) in [5.41, 5.74) is 7.85. The van der Waals surface area contributed by atoms with Gasteiger partial charge < -0.3 is 20.9 Å². The molecular formula is C16H26N4O. The van der Waals surface area contributed by atoms with Crippen molar-refractivity contribution in [3.8, 4) is 0 Å². The van der Waals surface area contributed by atoms with Crippen molar-refractivity contribution in [1.29, 1.82) is 0 Å². The molecule has 5 heteroatoms. The third-order valence-corrected chi connectivity index (χ3v) is 4.02. The minimum atomic E-state index is -0.470. The van der Waals surface area contributed by atoms with Gasteiger partial charge in [-0.2, -0.15) is 0 Å². The molecule has 1 atom stereocenters. The van der Waals surface area contributed by atoms with Crippen molar-refractivity contribution in [2.24, 2.45) is 11.7 Å². The fourth-order valence-corrected chi connectivity index (χ4v) is 2.35. The van der Waals surface area contributed by atoms with Crippen molar-refractivity contribution in [2.75, 3.05) is 43.4 Å². The third-order valence-electron chi connectivity index (χ3n) is 4.02. The highest BCUT2D eigenvalue weighted by Crippen LogP contribution is 2.19. The monoisotopic (exact) mass is 290 g/mol. The lowest BCUT2D eigenvalue weighted by molar-refractivity contribution is -0.118. The Kier molecular flexibility index (Phi) is 5.20. The molecule has 0 saturated carbocycles. The SMILES string of the molecule is CC(C)[C@H](N)C(=O)Nc1ccc(N2CCN(C)CC2)cc1. The maximum Gasteiger partial charge on any atom is 0.241 e. The van der Waals surface area contributed by atoms with E-state index in [4.69, 9.17) is 5.73 Å². The number of nitrogens with zero attached hydrogens (tertiary/aromatic N) is 2. The molecule has 21 heavy (non-hydrogen) atoms. The van der Waals surface area contributed by atoms with E-state index in [2.05, 4.69) is 34.3 Å². The van der Waals surface area contributed by atoms with E-state index in [9.17, 15) is 4.79 Å². The van der Waals surface area contributed by atoms with Crippen LogP contribution in [0.5, 0.6) is 0 Å². The minimum Gasteiger partial charge on any atom is -0.369 e. The van der Waals surface area contributed by atoms with Crippen LogP contribution in [0.1, 0.15) is 13.8 Å². The van der Waals surface area contributed by atoms with Crippen LogP contribution in [-0.2, 0) is 4.79 Å². The molecule has 1 heterocycles. The molecule has 0 aromatic heterocycles. The number of benzene rings is 1. The Hall–Kier alpha value is -1.59. The van der Waals surface area contributed by atoms with Gasteiger partial charge in [0.05, 0.1) is 6.04 Å². The standard InChI is InChI=1S/C16H26N4O/c1-12(2)15(17)16(21)18-13-4-6-14(7-5-13)20-10-8-19(3)9-11-20/h4-7,12,15H,8-11,17H2,1-3H3,(H,18,21)/t15-/m0/s1. The molecule has 116 valence electrons. The van der Waals surface area contributed by atoms with Crippen molar-refractivity contribution in [3.63, 3.8) is 0 Å². The molecule has 1 aromatic rings. The zero-order chi connectivity index (χ0) is 15.4. The maximum absolute atomic E-state index is 11.9. The maximum atomic E-state index is 11.9. The largest absolute Gasteiger partial charge is 0.369 e. The molecule has 1 saturated heterocycles. The first-order valence-corrected chi connectivity index (χ1v) is 7.57. The number of hydrogen-bond acceptors (Lipinski definition) is 4. The van der Waals surface area contributed by atoms with Gasteiger partial charge in [-0.3, -0.25) is 4.79 Å². The van der Waals surface area contributed by atoms with Gasteiger partial charge in [0, 0.05) is 37.6 Å². The van der Waals surface area contributed by atoms with E-state index < -0.39 is 6.04 Å². The van der Waals surface area contributed by atoms with Crippen LogP contribution in [0.3, 0.4) is 0 Å². The summed E-state index contributed by atoms with van der Waals surface area (Å²) in [4.78, 5) is 16.6. The fraction of sp³-hybridized carbons (Fsp3) is 0.562. The quantitative estimate of drug-likeness (QED) is 0.879. The number of likely N-dealkylation sites (N-methyl/N-ethyl adjacent to an activating group) is 1. The second-order valence-corrected chi connectivity index (χ2v) is 6.10. The van der Waals surface area contributed by atoms with Gasteiger partial charge in [0.2, 0.25) is 5.91 Å². The van der Waals surface area contributed by atoms with Gasteiger partial charge in [-0.05, 0) is 37.2 Å². The molecule has 0 radical (unpaired) electrons. The summed E-state index contributed by atoms with van der Waals surface area (Å²) in [7, 11) is 2.15. The summed E-state index contributed by atoms with van der Waals surface area (Å²) in [6.07, 6.45) is 0. The Morgan fingerprint density at radius 1 is 1.14 bits per heavy atom. The Morgan fingerprint density at radius 2 is 1.71 bits per heavy atom. The van der Waals surface area contributed by atoms with Crippen LogP contribution in [0.2, 0.25) is 0 Å². The summed E-state index contributed by atoms with van der Waals surface area (Å²) < 4.78 is 0. The van der Waals surface area contributed by atoms with Crippen LogP contribution in [0.15, 0.2) is 24.3 Å². The van der Waals surface area contributed by atoms with Crippen molar-refractivity contribution in [3.05, 3.63) is 24.3 Å². The predicted molar refractivity (Wildman–Crippen MR) is 87.6 cm³/mol. The number of piperazine rings is 1. The Bertz CT molecular complexity index is 464. The molecule has 0 aliphatic carbocycles. The van der Waals surface area contributed by atoms with Gasteiger partial charge in [-0.1, -0.05) is 13.8 Å². The Balaban J connectivity index is 1.94. The lowest BCUT2D eigenvalue weighted by atomic mass is 10.0. The Labute approximate surface area is 127 Å². The van der Waals surface area contributed by atoms with E-state index in [-0.39, 0.29) is 11.8 Å². The summed E-state index contributed by atoms with van der Waals surface area (Å²) in [5, 5.41) is 2.87. The van der Waals surface area contributed by atoms with E-state index in [1.165, 1.54) is 5.69 Å². The zero-order valence-corrected chi connectivity index (χ0v) is 13.2. The number of nitrogens with two attached hydrogens (primary N) is 1. The molecule has 1 fully saturated rings. The molecule has 2 rings (SSSR count). The fourth-order valence-electron chi connectivity index (χ4n) is 2.35. The topological polar surface area (TPSA) is 61.6 Å². The molecule has 1 aromatic carbocycles. The Morgan fingerprint density at radius 3 is 2.24 bits per heavy atom. The van der Waals surface area contributed by atoms with Crippen molar-refractivity contribution < 1.29 is 4.79 Å². The van der Waals surface area contributed by atoms with Gasteiger partial charge in [0.1, 0.15) is 0 Å². The van der Waals surface area contributed by atoms with Gasteiger partial charge >= 0.3 is 0 Å². The number of carbonyl (C=O) groups excluding carboxylic acids is 1. The second-order valence-electron chi connectivity index (χ2n) is 6.10. The normalized spacial score (nSPS) is 17.9. The smallest absolute Gasteiger partial charge is 0.241 e. The van der Waals surface area contributed by atoms with Gasteiger partial charge in [-0.15, -0.1) is 0 Å². The first-order chi connectivity index (χ1) is 9.97. The van der Waals surface area contributed by atoms with Crippen LogP contribution in [0.4, 0.5) is 11.4 Å². The second kappa shape index (κ2) is 6.91. The highest BCUT2D eigenvalue weighted by Gasteiger charge is 2.17. The van der Waals surface area contributed by atoms with Gasteiger partial charge in [0.15, 0.2) is 0 Å². The number of amides is 1. The van der Waals surface area contributed by atoms with Crippen LogP contribution in [0.25, 0.3) is 0 Å². The van der Waals surface area contributed by atoms with Crippen LogP contribution < -0.4 is 16.0 Å². The predicted octanol–water partition coefficient (Wildman–Crippen LogP) is 1.36.